The number of methoxy groups -OCH3 is 2. The summed E-state index contributed by atoms with van der Waals surface area (Å²) in [4.78, 5) is 73.7. The molecule has 478 valence electrons. The third kappa shape index (κ3) is 16.2. The molecule has 0 bridgehead atoms. The lowest BCUT2D eigenvalue weighted by atomic mass is 9.85. The second kappa shape index (κ2) is 30.7. The number of carbonyl (C=O) groups excluding carboxylic acids is 3. The molecule has 7 aliphatic rings. The average molecular weight is 1230 g/mol. The van der Waals surface area contributed by atoms with Gasteiger partial charge in [0.15, 0.2) is 5.13 Å². The van der Waals surface area contributed by atoms with E-state index < -0.39 is 5.60 Å². The number of nitrogens with one attached hydrogen (secondary N) is 2. The Hall–Kier alpha value is -5.90. The van der Waals surface area contributed by atoms with Crippen molar-refractivity contribution in [2.45, 2.75) is 127 Å². The number of pyridine rings is 2. The van der Waals surface area contributed by atoms with Gasteiger partial charge in [0, 0.05) is 158 Å². The number of hydrogen-bond donors (Lipinski definition) is 3. The van der Waals surface area contributed by atoms with Gasteiger partial charge in [-0.1, -0.05) is 25.0 Å². The molecule has 3 N–H and O–H groups in total. The highest BCUT2D eigenvalue weighted by atomic mass is 32.1. The fraction of sp³-hybridized carbons (Fsp3) is 0.647. The van der Waals surface area contributed by atoms with Crippen LogP contribution in [0.4, 0.5) is 16.5 Å². The van der Waals surface area contributed by atoms with E-state index in [0.717, 1.165) is 231 Å². The van der Waals surface area contributed by atoms with Crippen molar-refractivity contribution in [3.63, 3.8) is 0 Å². The number of likely N-dealkylation sites (tertiary alicyclic amines) is 3. The van der Waals surface area contributed by atoms with Gasteiger partial charge < -0.3 is 54.6 Å². The minimum absolute atomic E-state index is 0.0822. The van der Waals surface area contributed by atoms with Crippen molar-refractivity contribution < 1.29 is 29.0 Å². The monoisotopic (exact) mass is 1230 g/mol. The minimum atomic E-state index is -0.605. The summed E-state index contributed by atoms with van der Waals surface area (Å²) in [5, 5.41) is 22.3. The van der Waals surface area contributed by atoms with Crippen molar-refractivity contribution in [2.24, 2.45) is 11.8 Å². The Bertz CT molecular complexity index is 3060. The van der Waals surface area contributed by atoms with Gasteiger partial charge in [-0.2, -0.15) is 0 Å². The number of fused-ring (bicyclic) bond motifs is 2. The van der Waals surface area contributed by atoms with Crippen molar-refractivity contribution >= 4 is 67.4 Å². The second-order valence-electron chi connectivity index (χ2n) is 26.1. The highest BCUT2D eigenvalue weighted by Gasteiger charge is 2.38. The van der Waals surface area contributed by atoms with Crippen molar-refractivity contribution in [1.82, 2.24) is 50.1 Å². The SMILES string of the molecule is COc1ccc2cccnc2c1N1CCCN(C(CC(=O)NCCN2CCCC2)C2CCN(C(=O)C3CCCC3)CC2)CC1.COc1ccc2cccnc2c1N1CCCN(C(CC(=O)NCCN2CCCC2)c2csc(N3CCC(C)(O)CC3)n2)CC1. The van der Waals surface area contributed by atoms with E-state index in [9.17, 15) is 19.5 Å². The molecule has 2 aromatic carbocycles. The molecule has 6 aliphatic heterocycles. The fourth-order valence-electron chi connectivity index (χ4n) is 15.1. The third-order valence-corrected chi connectivity index (χ3v) is 21.1. The average Bonchev–Trinajstić information content (AvgIpc) is 4.41. The fourth-order valence-corrected chi connectivity index (χ4v) is 16.0. The maximum Gasteiger partial charge on any atom is 0.225 e. The van der Waals surface area contributed by atoms with E-state index in [0.29, 0.717) is 31.2 Å². The van der Waals surface area contributed by atoms with Crippen molar-refractivity contribution in [3.8, 4) is 11.5 Å². The molecule has 88 heavy (non-hydrogen) atoms. The molecule has 0 spiro atoms. The number of benzene rings is 2. The number of ether oxygens (including phenoxy) is 2. The van der Waals surface area contributed by atoms with Crippen LogP contribution < -0.4 is 34.8 Å². The predicted octanol–water partition coefficient (Wildman–Crippen LogP) is 8.06. The second-order valence-corrected chi connectivity index (χ2v) is 26.9. The molecule has 9 heterocycles. The van der Waals surface area contributed by atoms with Crippen LogP contribution in [-0.2, 0) is 14.4 Å². The van der Waals surface area contributed by atoms with E-state index in [4.69, 9.17) is 24.4 Å². The van der Waals surface area contributed by atoms with Gasteiger partial charge in [-0.15, -0.1) is 11.3 Å². The van der Waals surface area contributed by atoms with E-state index in [-0.39, 0.29) is 29.8 Å². The van der Waals surface area contributed by atoms with Crippen LogP contribution in [0.25, 0.3) is 21.8 Å². The van der Waals surface area contributed by atoms with Crippen LogP contribution in [0.15, 0.2) is 66.3 Å². The van der Waals surface area contributed by atoms with Crippen molar-refractivity contribution in [3.05, 3.63) is 72.0 Å². The summed E-state index contributed by atoms with van der Waals surface area (Å²) in [5.41, 5.74) is 4.41. The van der Waals surface area contributed by atoms with Crippen LogP contribution in [0.2, 0.25) is 0 Å². The summed E-state index contributed by atoms with van der Waals surface area (Å²) >= 11 is 1.65. The number of anilines is 3. The first-order valence-electron chi connectivity index (χ1n) is 33.5. The molecule has 1 aliphatic carbocycles. The number of piperidine rings is 2. The predicted molar refractivity (Wildman–Crippen MR) is 352 cm³/mol. The van der Waals surface area contributed by atoms with E-state index in [1.807, 2.05) is 37.5 Å². The Labute approximate surface area is 526 Å². The highest BCUT2D eigenvalue weighted by molar-refractivity contribution is 7.13. The van der Waals surface area contributed by atoms with E-state index >= 15 is 0 Å². The molecular formula is C68H99N13O6S. The van der Waals surface area contributed by atoms with Crippen LogP contribution >= 0.6 is 11.3 Å². The molecule has 1 saturated carbocycles. The van der Waals surface area contributed by atoms with Gasteiger partial charge in [-0.25, -0.2) is 4.98 Å². The van der Waals surface area contributed by atoms with Gasteiger partial charge in [-0.05, 0) is 152 Å². The van der Waals surface area contributed by atoms with Crippen LogP contribution in [0.5, 0.6) is 11.5 Å². The Morgan fingerprint density at radius 2 is 1.14 bits per heavy atom. The quantitative estimate of drug-likeness (QED) is 0.0681. The maximum atomic E-state index is 13.4. The number of amides is 3. The van der Waals surface area contributed by atoms with Crippen LogP contribution in [-0.4, -0.2) is 219 Å². The van der Waals surface area contributed by atoms with Crippen LogP contribution in [0, 0.1) is 11.8 Å². The molecule has 7 fully saturated rings. The van der Waals surface area contributed by atoms with Gasteiger partial charge in [-0.3, -0.25) is 34.2 Å². The number of hydrogen-bond acceptors (Lipinski definition) is 17. The smallest absolute Gasteiger partial charge is 0.225 e. The summed E-state index contributed by atoms with van der Waals surface area (Å²) < 4.78 is 11.6. The number of aliphatic hydroxyl groups is 1. The summed E-state index contributed by atoms with van der Waals surface area (Å²) in [5.74, 6) is 2.97. The number of rotatable bonds is 20. The van der Waals surface area contributed by atoms with E-state index in [1.165, 1.54) is 38.5 Å². The highest BCUT2D eigenvalue weighted by Crippen LogP contribution is 2.40. The van der Waals surface area contributed by atoms with Crippen LogP contribution in [0.3, 0.4) is 0 Å². The molecule has 20 heteroatoms. The Kier molecular flexibility index (Phi) is 22.2. The van der Waals surface area contributed by atoms with Gasteiger partial charge in [0.1, 0.15) is 22.9 Å². The van der Waals surface area contributed by atoms with Gasteiger partial charge in [0.25, 0.3) is 0 Å². The number of thiazole rings is 1. The first-order chi connectivity index (χ1) is 43.0. The van der Waals surface area contributed by atoms with Gasteiger partial charge in [0.2, 0.25) is 17.7 Å². The summed E-state index contributed by atoms with van der Waals surface area (Å²) in [6.07, 6.45) is 19.5. The number of nitrogens with zero attached hydrogens (tertiary/aromatic N) is 11. The third-order valence-electron chi connectivity index (χ3n) is 20.2. The summed E-state index contributed by atoms with van der Waals surface area (Å²) in [6.45, 7) is 20.0. The molecule has 19 nitrogen and oxygen atoms in total. The lowest BCUT2D eigenvalue weighted by molar-refractivity contribution is -0.137. The molecule has 6 saturated heterocycles. The molecular weight excluding hydrogens is 1130 g/mol. The lowest BCUT2D eigenvalue weighted by Crippen LogP contribution is -2.50. The first-order valence-corrected chi connectivity index (χ1v) is 34.4. The van der Waals surface area contributed by atoms with E-state index in [1.54, 1.807) is 25.6 Å². The first kappa shape index (κ1) is 63.7. The lowest BCUT2D eigenvalue weighted by Gasteiger charge is -2.41. The molecule has 12 rings (SSSR count). The van der Waals surface area contributed by atoms with E-state index in [2.05, 4.69) is 85.5 Å². The summed E-state index contributed by atoms with van der Waals surface area (Å²) in [6, 6.07) is 16.5. The Balaban J connectivity index is 0.000000182. The molecule has 5 aromatic rings. The molecule has 0 radical (unpaired) electrons. The Morgan fingerprint density at radius 1 is 0.602 bits per heavy atom. The zero-order valence-corrected chi connectivity index (χ0v) is 53.7. The topological polar surface area (TPSA) is 179 Å². The standard InChI is InChI=1S/C35H52N6O3.C33H47N7O3S/c1-44-31-12-11-28-10-6-15-37-33(28)34(31)40-20-7-19-39(24-25-40)30(26-32(42)36-16-23-38-17-4-5-18-38)27-13-21-41(22-14-27)35(43)29-8-2-3-9-29;1-33(42)10-18-40(19-11-33)32-36-26(24-44-32)27(23-29(41)34-13-20-37-14-3-4-15-37)38-16-6-17-39(22-21-38)31-28(43-2)9-8-25-7-5-12-35-30(25)31/h6,10-12,15,27,29-30H,2-5,7-9,13-14,16-26H2,1H3,(H,36,42);5,7-9,12,24,27,42H,3-4,6,10-11,13-23H2,1-2H3,(H,34,41). The zero-order valence-electron chi connectivity index (χ0n) is 52.9. The largest absolute Gasteiger partial charge is 0.494 e. The summed E-state index contributed by atoms with van der Waals surface area (Å²) in [7, 11) is 3.46. The van der Waals surface area contributed by atoms with Crippen LogP contribution in [0.1, 0.15) is 121 Å². The minimum Gasteiger partial charge on any atom is -0.494 e. The zero-order chi connectivity index (χ0) is 60.8. The van der Waals surface area contributed by atoms with Gasteiger partial charge >= 0.3 is 0 Å². The molecule has 3 aromatic heterocycles. The maximum absolute atomic E-state index is 13.4. The van der Waals surface area contributed by atoms with Crippen molar-refractivity contribution in [1.29, 1.82) is 0 Å². The normalized spacial score (nSPS) is 21.2. The molecule has 2 unspecified atom stereocenters. The number of carbonyl (C=O) groups is 3. The Morgan fingerprint density at radius 3 is 1.69 bits per heavy atom. The van der Waals surface area contributed by atoms with Gasteiger partial charge in [0.05, 0.1) is 42.6 Å². The molecule has 2 atom stereocenters. The van der Waals surface area contributed by atoms with Crippen molar-refractivity contribution in [2.75, 3.05) is 160 Å². The molecule has 3 amide bonds. The number of aromatic nitrogens is 3.